The Morgan fingerprint density at radius 2 is 1.91 bits per heavy atom. The van der Waals surface area contributed by atoms with Gasteiger partial charge in [0.1, 0.15) is 5.60 Å². The molecule has 1 saturated carbocycles. The van der Waals surface area contributed by atoms with Gasteiger partial charge in [-0.15, -0.1) is 0 Å². The molecule has 0 aromatic heterocycles. The molecular formula is C28H40O6. The van der Waals surface area contributed by atoms with Gasteiger partial charge in [0.2, 0.25) is 5.78 Å². The highest BCUT2D eigenvalue weighted by Gasteiger charge is 2.61. The summed E-state index contributed by atoms with van der Waals surface area (Å²) in [6, 6.07) is 0. The first-order valence-corrected chi connectivity index (χ1v) is 12.6. The van der Waals surface area contributed by atoms with Crippen LogP contribution in [0, 0.1) is 17.3 Å². The van der Waals surface area contributed by atoms with Crippen molar-refractivity contribution in [3.63, 3.8) is 0 Å². The largest absolute Gasteiger partial charge is 0.483 e. The zero-order chi connectivity index (χ0) is 25.2. The highest BCUT2D eigenvalue weighted by molar-refractivity contribution is 6.22. The molecule has 0 bridgehead atoms. The lowest BCUT2D eigenvalue weighted by atomic mass is 9.53. The van der Waals surface area contributed by atoms with Gasteiger partial charge in [-0.3, -0.25) is 9.59 Å². The number of aliphatic hydroxyl groups excluding tert-OH is 1. The number of fused-ring (bicyclic) bond motifs is 3. The minimum Gasteiger partial charge on any atom is -0.483 e. The van der Waals surface area contributed by atoms with Crippen molar-refractivity contribution >= 4 is 11.6 Å². The molecule has 188 valence electrons. The van der Waals surface area contributed by atoms with Crippen LogP contribution in [0.4, 0.5) is 0 Å². The zero-order valence-electron chi connectivity index (χ0n) is 21.6. The fraction of sp³-hybridized carbons (Fsp3) is 0.714. The van der Waals surface area contributed by atoms with Crippen molar-refractivity contribution in [2.24, 2.45) is 17.3 Å². The quantitative estimate of drug-likeness (QED) is 0.471. The summed E-state index contributed by atoms with van der Waals surface area (Å²) in [4.78, 5) is 26.8. The number of carbonyl (C=O) groups excluding carboxylic acids is 2. The van der Waals surface area contributed by atoms with Crippen LogP contribution in [0.15, 0.2) is 34.6 Å². The fourth-order valence-electron chi connectivity index (χ4n) is 6.69. The lowest BCUT2D eigenvalue weighted by molar-refractivity contribution is -0.245. The molecule has 2 heterocycles. The second kappa shape index (κ2) is 8.42. The molecule has 0 radical (unpaired) electrons. The topological polar surface area (TPSA) is 93.1 Å². The SMILES string of the molecule is C/C=C(\C)[C@@H](O)[C@@H](C)C1=CC(=O)C2=C(O[C@]3(C)CC[C@H]4O[C@@H](C(C)(C)O)CC[C@]4(C)[C@H]3C2)C1=O. The Labute approximate surface area is 203 Å². The highest BCUT2D eigenvalue weighted by atomic mass is 16.5. The van der Waals surface area contributed by atoms with Crippen LogP contribution in [0.5, 0.6) is 0 Å². The fourth-order valence-corrected chi connectivity index (χ4v) is 6.69. The van der Waals surface area contributed by atoms with Crippen LogP contribution in [-0.2, 0) is 19.1 Å². The molecule has 4 aliphatic rings. The van der Waals surface area contributed by atoms with Crippen LogP contribution in [0.3, 0.4) is 0 Å². The second-order valence-corrected chi connectivity index (χ2v) is 11.9. The predicted octanol–water partition coefficient (Wildman–Crippen LogP) is 4.20. The number of aliphatic hydroxyl groups is 2. The number of hydrogen-bond acceptors (Lipinski definition) is 6. The molecule has 2 N–H and O–H groups in total. The Kier molecular flexibility index (Phi) is 6.28. The molecule has 1 saturated heterocycles. The lowest BCUT2D eigenvalue weighted by Gasteiger charge is -2.60. The highest BCUT2D eigenvalue weighted by Crippen LogP contribution is 2.59. The lowest BCUT2D eigenvalue weighted by Crippen LogP contribution is -2.62. The number of hydrogen-bond donors (Lipinski definition) is 2. The summed E-state index contributed by atoms with van der Waals surface area (Å²) >= 11 is 0. The van der Waals surface area contributed by atoms with Gasteiger partial charge in [-0.05, 0) is 78.4 Å². The predicted molar refractivity (Wildman–Crippen MR) is 129 cm³/mol. The standard InChI is InChI=1S/C28H40O6/c1-8-15(2)23(30)16(3)17-13-19(29)18-14-20-27(6)11-9-21(26(4,5)32)33-22(27)10-12-28(20,7)34-25(18)24(17)31/h8,13,16,20-23,30,32H,9-12,14H2,1-7H3/b15-8+/t16-,20+,21+,22+,23+,27+,28+/m0/s1. The van der Waals surface area contributed by atoms with Crippen molar-refractivity contribution in [2.45, 2.75) is 110 Å². The molecule has 7 atom stereocenters. The summed E-state index contributed by atoms with van der Waals surface area (Å²) in [6.07, 6.45) is 5.73. The van der Waals surface area contributed by atoms with Crippen LogP contribution in [0.25, 0.3) is 0 Å². The van der Waals surface area contributed by atoms with Crippen LogP contribution >= 0.6 is 0 Å². The summed E-state index contributed by atoms with van der Waals surface area (Å²) in [5, 5.41) is 21.2. The zero-order valence-corrected chi connectivity index (χ0v) is 21.6. The minimum atomic E-state index is -0.902. The Morgan fingerprint density at radius 1 is 1.24 bits per heavy atom. The minimum absolute atomic E-state index is 0.0269. The Bertz CT molecular complexity index is 981. The van der Waals surface area contributed by atoms with Gasteiger partial charge in [0.05, 0.1) is 23.9 Å². The molecule has 6 heteroatoms. The summed E-state index contributed by atoms with van der Waals surface area (Å²) in [5.74, 6) is -0.777. The molecule has 0 amide bonds. The first-order chi connectivity index (χ1) is 15.7. The van der Waals surface area contributed by atoms with E-state index < -0.39 is 23.2 Å². The van der Waals surface area contributed by atoms with Crippen molar-refractivity contribution < 1.29 is 29.3 Å². The molecule has 0 spiro atoms. The van der Waals surface area contributed by atoms with Gasteiger partial charge < -0.3 is 19.7 Å². The molecular weight excluding hydrogens is 432 g/mol. The average Bonchev–Trinajstić information content (AvgIpc) is 2.77. The normalized spacial score (nSPS) is 38.3. The van der Waals surface area contributed by atoms with E-state index in [0.29, 0.717) is 24.0 Å². The van der Waals surface area contributed by atoms with Gasteiger partial charge in [0.25, 0.3) is 0 Å². The Hall–Kier alpha value is -1.76. The maximum Gasteiger partial charge on any atom is 0.224 e. The third kappa shape index (κ3) is 3.92. The van der Waals surface area contributed by atoms with Crippen LogP contribution in [-0.4, -0.2) is 51.3 Å². The van der Waals surface area contributed by atoms with E-state index in [1.54, 1.807) is 20.8 Å². The van der Waals surface area contributed by atoms with Crippen molar-refractivity contribution in [3.8, 4) is 0 Å². The molecule has 0 aromatic rings. The van der Waals surface area contributed by atoms with E-state index in [1.165, 1.54) is 6.08 Å². The first kappa shape index (κ1) is 25.3. The van der Waals surface area contributed by atoms with Gasteiger partial charge in [-0.1, -0.05) is 19.9 Å². The number of carbonyl (C=O) groups is 2. The molecule has 2 aliphatic carbocycles. The molecule has 4 rings (SSSR count). The van der Waals surface area contributed by atoms with Crippen molar-refractivity contribution in [3.05, 3.63) is 34.6 Å². The van der Waals surface area contributed by atoms with E-state index in [4.69, 9.17) is 9.47 Å². The monoisotopic (exact) mass is 472 g/mol. The molecule has 0 unspecified atom stereocenters. The van der Waals surface area contributed by atoms with E-state index in [-0.39, 0.29) is 40.9 Å². The molecule has 34 heavy (non-hydrogen) atoms. The number of allylic oxidation sites excluding steroid dienone is 4. The third-order valence-corrected chi connectivity index (χ3v) is 9.19. The molecule has 2 aliphatic heterocycles. The van der Waals surface area contributed by atoms with Crippen LogP contribution < -0.4 is 0 Å². The van der Waals surface area contributed by atoms with E-state index in [2.05, 4.69) is 13.8 Å². The van der Waals surface area contributed by atoms with Gasteiger partial charge in [-0.25, -0.2) is 0 Å². The summed E-state index contributed by atoms with van der Waals surface area (Å²) in [6.45, 7) is 13.3. The Balaban J connectivity index is 1.63. The van der Waals surface area contributed by atoms with E-state index >= 15 is 0 Å². The van der Waals surface area contributed by atoms with Crippen LogP contribution in [0.1, 0.15) is 80.6 Å². The third-order valence-electron chi connectivity index (χ3n) is 9.19. The van der Waals surface area contributed by atoms with Crippen molar-refractivity contribution in [1.29, 1.82) is 0 Å². The Morgan fingerprint density at radius 3 is 2.53 bits per heavy atom. The maximum absolute atomic E-state index is 13.5. The van der Waals surface area contributed by atoms with Gasteiger partial charge in [-0.2, -0.15) is 0 Å². The first-order valence-electron chi connectivity index (χ1n) is 12.6. The smallest absolute Gasteiger partial charge is 0.224 e. The van der Waals surface area contributed by atoms with E-state index in [0.717, 1.165) is 24.8 Å². The molecule has 0 aromatic carbocycles. The number of ketones is 2. The van der Waals surface area contributed by atoms with E-state index in [1.807, 2.05) is 19.9 Å². The number of rotatable bonds is 4. The summed E-state index contributed by atoms with van der Waals surface area (Å²) < 4.78 is 12.9. The maximum atomic E-state index is 13.5. The molecule has 2 fully saturated rings. The van der Waals surface area contributed by atoms with E-state index in [9.17, 15) is 19.8 Å². The van der Waals surface area contributed by atoms with Gasteiger partial charge >= 0.3 is 0 Å². The number of ether oxygens (including phenoxy) is 2. The average molecular weight is 473 g/mol. The summed E-state index contributed by atoms with van der Waals surface area (Å²) in [7, 11) is 0. The van der Waals surface area contributed by atoms with Gasteiger partial charge in [0, 0.05) is 28.4 Å². The van der Waals surface area contributed by atoms with Crippen molar-refractivity contribution in [1.82, 2.24) is 0 Å². The summed E-state index contributed by atoms with van der Waals surface area (Å²) in [5.41, 5.74) is -0.166. The van der Waals surface area contributed by atoms with Crippen LogP contribution in [0.2, 0.25) is 0 Å². The van der Waals surface area contributed by atoms with Crippen molar-refractivity contribution in [2.75, 3.05) is 0 Å². The number of Topliss-reactive ketones (excluding diaryl/α,β-unsaturated/α-hetero) is 1. The van der Waals surface area contributed by atoms with Gasteiger partial charge in [0.15, 0.2) is 11.5 Å². The molecule has 6 nitrogen and oxygen atoms in total. The second-order valence-electron chi connectivity index (χ2n) is 11.9.